The maximum absolute atomic E-state index is 12.9. The standard InChI is InChI=1S/C14H24N2OS/c1-11-7-6-10-16(11)13(17)14(12(15)18)8-4-2-3-5-9-14/h11H,2-10H2,1H3,(H2,15,18). The van der Waals surface area contributed by atoms with Gasteiger partial charge < -0.3 is 10.6 Å². The summed E-state index contributed by atoms with van der Waals surface area (Å²) in [7, 11) is 0. The zero-order chi connectivity index (χ0) is 13.2. The zero-order valence-corrected chi connectivity index (χ0v) is 12.1. The fourth-order valence-corrected chi connectivity index (χ4v) is 3.70. The van der Waals surface area contributed by atoms with Crippen molar-refractivity contribution in [2.75, 3.05) is 6.54 Å². The number of amides is 1. The summed E-state index contributed by atoms with van der Waals surface area (Å²) in [5, 5.41) is 0. The van der Waals surface area contributed by atoms with Crippen molar-refractivity contribution in [3.63, 3.8) is 0 Å². The van der Waals surface area contributed by atoms with E-state index in [2.05, 4.69) is 6.92 Å². The molecule has 0 spiro atoms. The van der Waals surface area contributed by atoms with Crippen molar-refractivity contribution < 1.29 is 4.79 Å². The van der Waals surface area contributed by atoms with Crippen molar-refractivity contribution in [1.29, 1.82) is 0 Å². The molecule has 1 aliphatic heterocycles. The van der Waals surface area contributed by atoms with E-state index in [1.165, 1.54) is 12.8 Å². The van der Waals surface area contributed by atoms with Crippen LogP contribution in [0.15, 0.2) is 0 Å². The van der Waals surface area contributed by atoms with Crippen LogP contribution in [0.4, 0.5) is 0 Å². The maximum atomic E-state index is 12.9. The Morgan fingerprint density at radius 2 is 1.83 bits per heavy atom. The van der Waals surface area contributed by atoms with Crippen molar-refractivity contribution in [3.05, 3.63) is 0 Å². The molecule has 3 nitrogen and oxygen atoms in total. The van der Waals surface area contributed by atoms with Gasteiger partial charge in [-0.3, -0.25) is 4.79 Å². The summed E-state index contributed by atoms with van der Waals surface area (Å²) < 4.78 is 0. The molecule has 2 fully saturated rings. The predicted molar refractivity (Wildman–Crippen MR) is 77.3 cm³/mol. The Hall–Kier alpha value is -0.640. The van der Waals surface area contributed by atoms with Crippen molar-refractivity contribution in [3.8, 4) is 0 Å². The van der Waals surface area contributed by atoms with Crippen LogP contribution < -0.4 is 5.73 Å². The molecule has 1 amide bonds. The van der Waals surface area contributed by atoms with Gasteiger partial charge in [0.05, 0.1) is 10.4 Å². The monoisotopic (exact) mass is 268 g/mol. The van der Waals surface area contributed by atoms with Crippen LogP contribution in [0, 0.1) is 5.41 Å². The molecule has 4 heteroatoms. The van der Waals surface area contributed by atoms with E-state index in [0.717, 1.165) is 45.1 Å². The SMILES string of the molecule is CC1CCCN1C(=O)C1(C(N)=S)CCCCCC1. The number of likely N-dealkylation sites (tertiary alicyclic amines) is 1. The molecule has 1 heterocycles. The Morgan fingerprint density at radius 3 is 2.28 bits per heavy atom. The number of hydrogen-bond donors (Lipinski definition) is 1. The summed E-state index contributed by atoms with van der Waals surface area (Å²) in [5.41, 5.74) is 5.43. The first-order chi connectivity index (χ1) is 8.58. The largest absolute Gasteiger partial charge is 0.392 e. The third-order valence-corrected chi connectivity index (χ3v) is 5.04. The van der Waals surface area contributed by atoms with Gasteiger partial charge in [-0.05, 0) is 32.6 Å². The Bertz CT molecular complexity index is 335. The lowest BCUT2D eigenvalue weighted by molar-refractivity contribution is -0.139. The fraction of sp³-hybridized carbons (Fsp3) is 0.857. The van der Waals surface area contributed by atoms with E-state index in [-0.39, 0.29) is 5.91 Å². The van der Waals surface area contributed by atoms with E-state index in [0.29, 0.717) is 11.0 Å². The minimum absolute atomic E-state index is 0.210. The van der Waals surface area contributed by atoms with E-state index in [1.54, 1.807) is 0 Å². The molecule has 1 aliphatic carbocycles. The van der Waals surface area contributed by atoms with Crippen molar-refractivity contribution in [1.82, 2.24) is 4.90 Å². The Kier molecular flexibility index (Phi) is 4.25. The number of carbonyl (C=O) groups excluding carboxylic acids is 1. The summed E-state index contributed by atoms with van der Waals surface area (Å²) in [4.78, 5) is 15.3. The molecule has 0 aromatic rings. The second-order valence-corrected chi connectivity index (χ2v) is 6.29. The van der Waals surface area contributed by atoms with Crippen molar-refractivity contribution >= 4 is 23.1 Å². The quantitative estimate of drug-likeness (QED) is 0.618. The Morgan fingerprint density at radius 1 is 1.22 bits per heavy atom. The van der Waals surface area contributed by atoms with Gasteiger partial charge in [-0.2, -0.15) is 0 Å². The van der Waals surface area contributed by atoms with Gasteiger partial charge in [-0.15, -0.1) is 0 Å². The van der Waals surface area contributed by atoms with Crippen LogP contribution in [-0.4, -0.2) is 28.4 Å². The number of nitrogens with zero attached hydrogens (tertiary/aromatic N) is 1. The molecule has 1 atom stereocenters. The highest BCUT2D eigenvalue weighted by atomic mass is 32.1. The molecule has 1 saturated heterocycles. The van der Waals surface area contributed by atoms with Gasteiger partial charge >= 0.3 is 0 Å². The topological polar surface area (TPSA) is 46.3 Å². The lowest BCUT2D eigenvalue weighted by atomic mass is 9.78. The van der Waals surface area contributed by atoms with Crippen molar-refractivity contribution in [2.24, 2.45) is 11.1 Å². The minimum atomic E-state index is -0.537. The molecule has 0 radical (unpaired) electrons. The molecule has 0 bridgehead atoms. The average Bonchev–Trinajstić information content (AvgIpc) is 2.63. The predicted octanol–water partition coefficient (Wildman–Crippen LogP) is 2.62. The van der Waals surface area contributed by atoms with Crippen LogP contribution in [0.1, 0.15) is 58.3 Å². The Labute approximate surface area is 115 Å². The van der Waals surface area contributed by atoms with E-state index in [4.69, 9.17) is 18.0 Å². The number of thiocarbonyl (C=S) groups is 1. The fourth-order valence-electron chi connectivity index (χ4n) is 3.41. The molecular formula is C14H24N2OS. The van der Waals surface area contributed by atoms with Crippen LogP contribution in [0.25, 0.3) is 0 Å². The summed E-state index contributed by atoms with van der Waals surface area (Å²) in [5.74, 6) is 0.210. The highest BCUT2D eigenvalue weighted by molar-refractivity contribution is 7.80. The molecule has 2 N–H and O–H groups in total. The number of carbonyl (C=O) groups is 1. The highest BCUT2D eigenvalue weighted by Gasteiger charge is 2.45. The molecule has 0 aromatic carbocycles. The van der Waals surface area contributed by atoms with Gasteiger partial charge in [0.2, 0.25) is 5.91 Å². The molecule has 1 saturated carbocycles. The van der Waals surface area contributed by atoms with Crippen LogP contribution in [0.5, 0.6) is 0 Å². The second-order valence-electron chi connectivity index (χ2n) is 5.85. The second kappa shape index (κ2) is 5.55. The molecular weight excluding hydrogens is 244 g/mol. The summed E-state index contributed by atoms with van der Waals surface area (Å²) >= 11 is 5.27. The average molecular weight is 268 g/mol. The summed E-state index contributed by atoms with van der Waals surface area (Å²) in [6.07, 6.45) is 8.48. The van der Waals surface area contributed by atoms with E-state index < -0.39 is 5.41 Å². The third kappa shape index (κ3) is 2.40. The lowest BCUT2D eigenvalue weighted by Crippen LogP contribution is -2.51. The van der Waals surface area contributed by atoms with Crippen LogP contribution in [-0.2, 0) is 4.79 Å². The van der Waals surface area contributed by atoms with Gasteiger partial charge in [0.15, 0.2) is 0 Å². The normalized spacial score (nSPS) is 27.8. The number of hydrogen-bond acceptors (Lipinski definition) is 2. The van der Waals surface area contributed by atoms with Crippen LogP contribution >= 0.6 is 12.2 Å². The number of nitrogens with two attached hydrogens (primary N) is 1. The molecule has 2 rings (SSSR count). The van der Waals surface area contributed by atoms with Gasteiger partial charge in [0.25, 0.3) is 0 Å². The highest BCUT2D eigenvalue weighted by Crippen LogP contribution is 2.38. The molecule has 2 aliphatic rings. The summed E-state index contributed by atoms with van der Waals surface area (Å²) in [6, 6.07) is 0.354. The first-order valence-electron chi connectivity index (χ1n) is 7.19. The molecule has 102 valence electrons. The summed E-state index contributed by atoms with van der Waals surface area (Å²) in [6.45, 7) is 3.01. The smallest absolute Gasteiger partial charge is 0.235 e. The minimum Gasteiger partial charge on any atom is -0.392 e. The molecule has 1 unspecified atom stereocenters. The first-order valence-corrected chi connectivity index (χ1v) is 7.60. The van der Waals surface area contributed by atoms with Gasteiger partial charge in [0.1, 0.15) is 0 Å². The van der Waals surface area contributed by atoms with Crippen molar-refractivity contribution in [2.45, 2.75) is 64.3 Å². The van der Waals surface area contributed by atoms with Crippen LogP contribution in [0.2, 0.25) is 0 Å². The first kappa shape index (κ1) is 13.8. The van der Waals surface area contributed by atoms with Gasteiger partial charge in [-0.25, -0.2) is 0 Å². The third-order valence-electron chi connectivity index (χ3n) is 4.65. The van der Waals surface area contributed by atoms with E-state index in [1.807, 2.05) is 4.90 Å². The number of rotatable bonds is 2. The van der Waals surface area contributed by atoms with Gasteiger partial charge in [0, 0.05) is 12.6 Å². The van der Waals surface area contributed by atoms with E-state index in [9.17, 15) is 4.79 Å². The lowest BCUT2D eigenvalue weighted by Gasteiger charge is -2.36. The molecule has 0 aromatic heterocycles. The van der Waals surface area contributed by atoms with E-state index >= 15 is 0 Å². The van der Waals surface area contributed by atoms with Crippen LogP contribution in [0.3, 0.4) is 0 Å². The Balaban J connectivity index is 2.23. The maximum Gasteiger partial charge on any atom is 0.235 e. The van der Waals surface area contributed by atoms with Gasteiger partial charge in [-0.1, -0.05) is 37.9 Å². The zero-order valence-electron chi connectivity index (χ0n) is 11.3. The molecule has 18 heavy (non-hydrogen) atoms.